The number of halogens is 1. The van der Waals surface area contributed by atoms with E-state index in [0.717, 1.165) is 12.0 Å². The highest BCUT2D eigenvalue weighted by Gasteiger charge is 2.25. The zero-order valence-corrected chi connectivity index (χ0v) is 16.1. The number of amides is 2. The zero-order chi connectivity index (χ0) is 19.6. The van der Waals surface area contributed by atoms with Gasteiger partial charge < -0.3 is 5.32 Å². The summed E-state index contributed by atoms with van der Waals surface area (Å²) in [7, 11) is -3.75. The maximum absolute atomic E-state index is 14.5. The van der Waals surface area contributed by atoms with Gasteiger partial charge in [-0.2, -0.15) is 0 Å². The van der Waals surface area contributed by atoms with E-state index in [1.54, 1.807) is 38.4 Å². The first kappa shape index (κ1) is 19.3. The Balaban J connectivity index is 1.97. The van der Waals surface area contributed by atoms with Gasteiger partial charge in [0.25, 0.3) is 0 Å². The molecule has 0 spiro atoms. The molecule has 0 radical (unpaired) electrons. The zero-order valence-electron chi connectivity index (χ0n) is 15.3. The molecular formula is C19H22FN3O3S. The highest BCUT2D eigenvalue weighted by Crippen LogP contribution is 2.39. The van der Waals surface area contributed by atoms with Crippen molar-refractivity contribution in [3.05, 3.63) is 47.5 Å². The minimum absolute atomic E-state index is 0.113. The Kier molecular flexibility index (Phi) is 5.46. The molecule has 1 heterocycles. The van der Waals surface area contributed by atoms with Crippen molar-refractivity contribution in [3.8, 4) is 11.1 Å². The molecule has 2 N–H and O–H groups in total. The lowest BCUT2D eigenvalue weighted by atomic mass is 9.97. The molecule has 2 amide bonds. The summed E-state index contributed by atoms with van der Waals surface area (Å²) in [5.41, 5.74) is 2.95. The van der Waals surface area contributed by atoms with Gasteiger partial charge in [0.05, 0.1) is 11.4 Å². The van der Waals surface area contributed by atoms with Crippen molar-refractivity contribution >= 4 is 21.7 Å². The van der Waals surface area contributed by atoms with E-state index in [2.05, 4.69) is 10.3 Å². The Morgan fingerprint density at radius 2 is 1.89 bits per heavy atom. The highest BCUT2D eigenvalue weighted by atomic mass is 32.2. The SMILES string of the molecule is CC(C)CS(=O)(=O)NC(=O)Nc1c(-c2ccncc2)cc(F)c2c1CCC2. The third kappa shape index (κ3) is 4.44. The predicted octanol–water partition coefficient (Wildman–Crippen LogP) is 3.48. The van der Waals surface area contributed by atoms with Crippen molar-refractivity contribution in [2.24, 2.45) is 5.92 Å². The molecule has 1 aliphatic rings. The molecule has 1 aromatic heterocycles. The first-order valence-corrected chi connectivity index (χ1v) is 10.5. The molecule has 3 rings (SSSR count). The molecule has 0 unspecified atom stereocenters. The standard InChI is InChI=1S/C19H22FN3O3S/c1-12(2)11-27(25,26)23-19(24)22-18-15-5-3-4-14(15)17(20)10-16(18)13-6-8-21-9-7-13/h6-10,12H,3-5,11H2,1-2H3,(H2,22,23,24). The van der Waals surface area contributed by atoms with Gasteiger partial charge >= 0.3 is 6.03 Å². The van der Waals surface area contributed by atoms with Crippen LogP contribution in [0.3, 0.4) is 0 Å². The number of rotatable bonds is 5. The van der Waals surface area contributed by atoms with E-state index < -0.39 is 16.1 Å². The molecule has 27 heavy (non-hydrogen) atoms. The molecule has 0 bridgehead atoms. The van der Waals surface area contributed by atoms with Crippen molar-refractivity contribution in [1.29, 1.82) is 0 Å². The number of hydrogen-bond acceptors (Lipinski definition) is 4. The van der Waals surface area contributed by atoms with Crippen LogP contribution < -0.4 is 10.0 Å². The summed E-state index contributed by atoms with van der Waals surface area (Å²) in [5.74, 6) is -0.579. The van der Waals surface area contributed by atoms with Gasteiger partial charge in [-0.1, -0.05) is 13.8 Å². The van der Waals surface area contributed by atoms with E-state index in [1.165, 1.54) is 6.07 Å². The fourth-order valence-electron chi connectivity index (χ4n) is 3.39. The van der Waals surface area contributed by atoms with Crippen LogP contribution in [-0.4, -0.2) is 25.2 Å². The molecular weight excluding hydrogens is 369 g/mol. The fraction of sp³-hybridized carbons (Fsp3) is 0.368. The number of aromatic nitrogens is 1. The molecule has 2 aromatic rings. The molecule has 8 heteroatoms. The van der Waals surface area contributed by atoms with Crippen LogP contribution in [0.5, 0.6) is 0 Å². The molecule has 6 nitrogen and oxygen atoms in total. The first-order valence-electron chi connectivity index (χ1n) is 8.83. The van der Waals surface area contributed by atoms with Gasteiger partial charge in [0.2, 0.25) is 10.0 Å². The van der Waals surface area contributed by atoms with E-state index in [4.69, 9.17) is 0 Å². The summed E-state index contributed by atoms with van der Waals surface area (Å²) in [6.07, 6.45) is 5.17. The summed E-state index contributed by atoms with van der Waals surface area (Å²) >= 11 is 0. The van der Waals surface area contributed by atoms with E-state index in [0.29, 0.717) is 35.2 Å². The third-order valence-corrected chi connectivity index (χ3v) is 5.98. The second kappa shape index (κ2) is 7.64. The molecule has 0 saturated heterocycles. The molecule has 1 aromatic carbocycles. The van der Waals surface area contributed by atoms with Crippen LogP contribution in [0.2, 0.25) is 0 Å². The minimum Gasteiger partial charge on any atom is -0.306 e. The van der Waals surface area contributed by atoms with Crippen molar-refractivity contribution in [1.82, 2.24) is 9.71 Å². The Morgan fingerprint density at radius 1 is 1.22 bits per heavy atom. The summed E-state index contributed by atoms with van der Waals surface area (Å²) in [5, 5.41) is 2.65. The number of nitrogens with zero attached hydrogens (tertiary/aromatic N) is 1. The van der Waals surface area contributed by atoms with Crippen LogP contribution in [0.15, 0.2) is 30.6 Å². The summed E-state index contributed by atoms with van der Waals surface area (Å²) in [6.45, 7) is 3.51. The van der Waals surface area contributed by atoms with Gasteiger partial charge in [-0.05, 0) is 60.1 Å². The Bertz CT molecular complexity index is 960. The molecule has 0 atom stereocenters. The smallest absolute Gasteiger partial charge is 0.306 e. The topological polar surface area (TPSA) is 88.2 Å². The molecule has 0 fully saturated rings. The summed E-state index contributed by atoms with van der Waals surface area (Å²) in [6, 6.07) is 3.98. The highest BCUT2D eigenvalue weighted by molar-refractivity contribution is 7.90. The molecule has 144 valence electrons. The van der Waals surface area contributed by atoms with Crippen LogP contribution in [-0.2, 0) is 22.9 Å². The Morgan fingerprint density at radius 3 is 2.56 bits per heavy atom. The van der Waals surface area contributed by atoms with Crippen molar-refractivity contribution in [2.75, 3.05) is 11.1 Å². The van der Waals surface area contributed by atoms with E-state index in [9.17, 15) is 17.6 Å². The maximum atomic E-state index is 14.5. The Labute approximate surface area is 158 Å². The van der Waals surface area contributed by atoms with E-state index >= 15 is 0 Å². The van der Waals surface area contributed by atoms with Crippen molar-refractivity contribution in [2.45, 2.75) is 33.1 Å². The van der Waals surface area contributed by atoms with E-state index in [1.807, 2.05) is 4.72 Å². The second-order valence-electron chi connectivity index (χ2n) is 7.06. The number of pyridine rings is 1. The average molecular weight is 391 g/mol. The number of anilines is 1. The van der Waals surface area contributed by atoms with Gasteiger partial charge in [0, 0.05) is 18.0 Å². The van der Waals surface area contributed by atoms with Crippen molar-refractivity contribution in [3.63, 3.8) is 0 Å². The van der Waals surface area contributed by atoms with Gasteiger partial charge in [-0.3, -0.25) is 4.98 Å². The summed E-state index contributed by atoms with van der Waals surface area (Å²) in [4.78, 5) is 16.3. The molecule has 1 aliphatic carbocycles. The monoisotopic (exact) mass is 391 g/mol. The van der Waals surface area contributed by atoms with Crippen LogP contribution in [0.25, 0.3) is 11.1 Å². The maximum Gasteiger partial charge on any atom is 0.332 e. The van der Waals surface area contributed by atoms with Gasteiger partial charge in [0.15, 0.2) is 0 Å². The van der Waals surface area contributed by atoms with E-state index in [-0.39, 0.29) is 17.5 Å². The first-order chi connectivity index (χ1) is 12.8. The average Bonchev–Trinajstić information content (AvgIpc) is 3.06. The number of carbonyl (C=O) groups excluding carboxylic acids is 1. The van der Waals surface area contributed by atoms with Crippen molar-refractivity contribution < 1.29 is 17.6 Å². The van der Waals surface area contributed by atoms with Crippen LogP contribution in [0.4, 0.5) is 14.9 Å². The lowest BCUT2D eigenvalue weighted by Gasteiger charge is -2.17. The van der Waals surface area contributed by atoms with Gasteiger partial charge in [0.1, 0.15) is 5.82 Å². The number of nitrogens with one attached hydrogen (secondary N) is 2. The van der Waals surface area contributed by atoms with Crippen LogP contribution in [0, 0.1) is 11.7 Å². The lowest BCUT2D eigenvalue weighted by Crippen LogP contribution is -2.37. The number of fused-ring (bicyclic) bond motifs is 1. The van der Waals surface area contributed by atoms with Crippen LogP contribution >= 0.6 is 0 Å². The van der Waals surface area contributed by atoms with Crippen LogP contribution in [0.1, 0.15) is 31.4 Å². The normalized spacial score (nSPS) is 13.5. The number of hydrogen-bond donors (Lipinski definition) is 2. The second-order valence-corrected chi connectivity index (χ2v) is 8.83. The fourth-order valence-corrected chi connectivity index (χ4v) is 4.69. The molecule has 0 aliphatic heterocycles. The Hall–Kier alpha value is -2.48. The third-order valence-electron chi connectivity index (χ3n) is 4.38. The summed E-state index contributed by atoms with van der Waals surface area (Å²) < 4.78 is 40.7. The minimum atomic E-state index is -3.75. The number of carbonyl (C=O) groups is 1. The van der Waals surface area contributed by atoms with Gasteiger partial charge in [-0.15, -0.1) is 0 Å². The molecule has 0 saturated carbocycles. The van der Waals surface area contributed by atoms with Gasteiger partial charge in [-0.25, -0.2) is 22.3 Å². The lowest BCUT2D eigenvalue weighted by molar-refractivity contribution is 0.256. The number of benzene rings is 1. The largest absolute Gasteiger partial charge is 0.332 e. The quantitative estimate of drug-likeness (QED) is 0.817. The number of sulfonamides is 1. The number of urea groups is 1. The predicted molar refractivity (Wildman–Crippen MR) is 102 cm³/mol.